The molecule has 0 fully saturated rings. The van der Waals surface area contributed by atoms with Gasteiger partial charge < -0.3 is 14.6 Å². The first-order valence-corrected chi connectivity index (χ1v) is 5.76. The summed E-state index contributed by atoms with van der Waals surface area (Å²) in [6.07, 6.45) is 0.718. The maximum absolute atomic E-state index is 10.9. The van der Waals surface area contributed by atoms with Gasteiger partial charge in [-0.2, -0.15) is 0 Å². The van der Waals surface area contributed by atoms with E-state index in [9.17, 15) is 4.79 Å². The van der Waals surface area contributed by atoms with Crippen LogP contribution in [0.4, 0.5) is 0 Å². The lowest BCUT2D eigenvalue weighted by molar-refractivity contribution is 0.0691. The minimum Gasteiger partial charge on any atom is -0.493 e. The zero-order chi connectivity index (χ0) is 12.7. The molecule has 17 heavy (non-hydrogen) atoms. The molecule has 0 atom stereocenters. The minimum absolute atomic E-state index is 0.0777. The van der Waals surface area contributed by atoms with E-state index in [0.29, 0.717) is 30.6 Å². The molecule has 0 amide bonds. The number of halogens is 1. The quantitative estimate of drug-likeness (QED) is 0.764. The molecular formula is C12H15ClO4. The summed E-state index contributed by atoms with van der Waals surface area (Å²) in [6, 6.07) is 4.54. The molecule has 0 unspecified atom stereocenters. The van der Waals surface area contributed by atoms with Gasteiger partial charge in [-0.1, -0.05) is 11.6 Å². The third-order valence-electron chi connectivity index (χ3n) is 2.07. The van der Waals surface area contributed by atoms with Gasteiger partial charge in [-0.3, -0.25) is 0 Å². The van der Waals surface area contributed by atoms with Crippen molar-refractivity contribution >= 4 is 17.6 Å². The molecule has 1 rings (SSSR count). The number of hydrogen-bond acceptors (Lipinski definition) is 3. The Labute approximate surface area is 105 Å². The number of benzene rings is 1. The lowest BCUT2D eigenvalue weighted by atomic mass is 10.2. The molecule has 0 bridgehead atoms. The van der Waals surface area contributed by atoms with Crippen molar-refractivity contribution in [3.8, 4) is 5.75 Å². The first kappa shape index (κ1) is 13.8. The Kier molecular flexibility index (Phi) is 5.80. The van der Waals surface area contributed by atoms with Gasteiger partial charge in [0.2, 0.25) is 0 Å². The molecular weight excluding hydrogens is 244 g/mol. The Morgan fingerprint density at radius 2 is 2.18 bits per heavy atom. The Balaban J connectivity index is 2.55. The largest absolute Gasteiger partial charge is 0.493 e. The predicted octanol–water partition coefficient (Wildman–Crippen LogP) is 2.84. The fourth-order valence-corrected chi connectivity index (χ4v) is 1.45. The maximum atomic E-state index is 10.9. The molecule has 0 heterocycles. The zero-order valence-corrected chi connectivity index (χ0v) is 10.4. The molecule has 1 aromatic carbocycles. The fraction of sp³-hybridized carbons (Fsp3) is 0.417. The highest BCUT2D eigenvalue weighted by Gasteiger charge is 2.11. The van der Waals surface area contributed by atoms with E-state index >= 15 is 0 Å². The first-order chi connectivity index (χ1) is 8.15. The number of carboxylic acids is 1. The second-order valence-electron chi connectivity index (χ2n) is 3.34. The Morgan fingerprint density at radius 3 is 2.82 bits per heavy atom. The van der Waals surface area contributed by atoms with Crippen molar-refractivity contribution in [3.05, 3.63) is 28.8 Å². The highest BCUT2D eigenvalue weighted by molar-refractivity contribution is 6.31. The van der Waals surface area contributed by atoms with Gasteiger partial charge in [0.05, 0.1) is 6.61 Å². The molecule has 5 heteroatoms. The molecule has 0 aliphatic heterocycles. The second kappa shape index (κ2) is 7.14. The van der Waals surface area contributed by atoms with Crippen LogP contribution in [0.2, 0.25) is 5.02 Å². The standard InChI is InChI=1S/C12H15ClO4/c1-2-16-6-3-7-17-11-5-4-9(13)8-10(11)12(14)15/h4-5,8H,2-3,6-7H2,1H3,(H,14,15). The molecule has 1 aromatic rings. The minimum atomic E-state index is -1.05. The summed E-state index contributed by atoms with van der Waals surface area (Å²) in [4.78, 5) is 10.9. The van der Waals surface area contributed by atoms with E-state index in [1.54, 1.807) is 12.1 Å². The van der Waals surface area contributed by atoms with Gasteiger partial charge in [-0.25, -0.2) is 4.79 Å². The van der Waals surface area contributed by atoms with E-state index in [4.69, 9.17) is 26.2 Å². The van der Waals surface area contributed by atoms with Crippen molar-refractivity contribution in [1.82, 2.24) is 0 Å². The number of carboxylic acid groups (broad SMARTS) is 1. The number of rotatable bonds is 7. The Bertz CT molecular complexity index is 379. The van der Waals surface area contributed by atoms with Crippen LogP contribution in [-0.4, -0.2) is 30.9 Å². The van der Waals surface area contributed by atoms with Crippen LogP contribution < -0.4 is 4.74 Å². The molecule has 0 aromatic heterocycles. The van der Waals surface area contributed by atoms with Crippen molar-refractivity contribution in [2.24, 2.45) is 0 Å². The Hall–Kier alpha value is -1.26. The van der Waals surface area contributed by atoms with Crippen molar-refractivity contribution < 1.29 is 19.4 Å². The molecule has 94 valence electrons. The summed E-state index contributed by atoms with van der Waals surface area (Å²) in [7, 11) is 0. The van der Waals surface area contributed by atoms with Gasteiger partial charge in [-0.15, -0.1) is 0 Å². The summed E-state index contributed by atoms with van der Waals surface area (Å²) in [5, 5.41) is 9.35. The van der Waals surface area contributed by atoms with Crippen LogP contribution in [0.5, 0.6) is 5.75 Å². The Morgan fingerprint density at radius 1 is 1.41 bits per heavy atom. The van der Waals surface area contributed by atoms with Gasteiger partial charge in [-0.05, 0) is 25.1 Å². The lowest BCUT2D eigenvalue weighted by Gasteiger charge is -2.09. The number of carbonyl (C=O) groups is 1. The number of ether oxygens (including phenoxy) is 2. The van der Waals surface area contributed by atoms with Gasteiger partial charge in [0.1, 0.15) is 11.3 Å². The third-order valence-corrected chi connectivity index (χ3v) is 2.30. The molecule has 0 saturated heterocycles. The predicted molar refractivity (Wildman–Crippen MR) is 65.0 cm³/mol. The van der Waals surface area contributed by atoms with Gasteiger partial charge in [0.15, 0.2) is 0 Å². The van der Waals surface area contributed by atoms with Crippen molar-refractivity contribution in [2.75, 3.05) is 19.8 Å². The van der Waals surface area contributed by atoms with E-state index in [1.807, 2.05) is 6.92 Å². The highest BCUT2D eigenvalue weighted by Crippen LogP contribution is 2.23. The maximum Gasteiger partial charge on any atom is 0.339 e. The summed E-state index contributed by atoms with van der Waals surface area (Å²) < 4.78 is 10.5. The first-order valence-electron chi connectivity index (χ1n) is 5.38. The third kappa shape index (κ3) is 4.63. The number of hydrogen-bond donors (Lipinski definition) is 1. The normalized spacial score (nSPS) is 10.2. The summed E-state index contributed by atoms with van der Waals surface area (Å²) in [5.41, 5.74) is 0.0777. The van der Waals surface area contributed by atoms with E-state index in [2.05, 4.69) is 0 Å². The zero-order valence-electron chi connectivity index (χ0n) is 9.61. The molecule has 0 radical (unpaired) electrons. The highest BCUT2D eigenvalue weighted by atomic mass is 35.5. The van der Waals surface area contributed by atoms with Crippen LogP contribution in [0.15, 0.2) is 18.2 Å². The fourth-order valence-electron chi connectivity index (χ4n) is 1.28. The van der Waals surface area contributed by atoms with Crippen LogP contribution in [0.1, 0.15) is 23.7 Å². The van der Waals surface area contributed by atoms with Crippen LogP contribution in [0.3, 0.4) is 0 Å². The average Bonchev–Trinajstić information content (AvgIpc) is 2.30. The van der Waals surface area contributed by atoms with E-state index < -0.39 is 5.97 Å². The van der Waals surface area contributed by atoms with Crippen molar-refractivity contribution in [3.63, 3.8) is 0 Å². The van der Waals surface area contributed by atoms with E-state index in [0.717, 1.165) is 6.42 Å². The van der Waals surface area contributed by atoms with Crippen LogP contribution in [0, 0.1) is 0 Å². The SMILES string of the molecule is CCOCCCOc1ccc(Cl)cc1C(=O)O. The summed E-state index contributed by atoms with van der Waals surface area (Å²) >= 11 is 5.72. The smallest absolute Gasteiger partial charge is 0.339 e. The topological polar surface area (TPSA) is 55.8 Å². The van der Waals surface area contributed by atoms with Crippen LogP contribution in [-0.2, 0) is 4.74 Å². The van der Waals surface area contributed by atoms with Crippen LogP contribution >= 0.6 is 11.6 Å². The molecule has 4 nitrogen and oxygen atoms in total. The monoisotopic (exact) mass is 258 g/mol. The number of aromatic carboxylic acids is 1. The van der Waals surface area contributed by atoms with Gasteiger partial charge in [0, 0.05) is 24.7 Å². The van der Waals surface area contributed by atoms with Crippen molar-refractivity contribution in [1.29, 1.82) is 0 Å². The van der Waals surface area contributed by atoms with Crippen LogP contribution in [0.25, 0.3) is 0 Å². The second-order valence-corrected chi connectivity index (χ2v) is 3.78. The molecule has 0 saturated carbocycles. The van der Waals surface area contributed by atoms with E-state index in [1.165, 1.54) is 6.07 Å². The van der Waals surface area contributed by atoms with E-state index in [-0.39, 0.29) is 5.56 Å². The molecule has 0 aliphatic carbocycles. The molecule has 1 N–H and O–H groups in total. The molecule has 0 aliphatic rings. The molecule has 0 spiro atoms. The average molecular weight is 259 g/mol. The van der Waals surface area contributed by atoms with Gasteiger partial charge >= 0.3 is 5.97 Å². The van der Waals surface area contributed by atoms with Crippen molar-refractivity contribution in [2.45, 2.75) is 13.3 Å². The summed E-state index contributed by atoms with van der Waals surface area (Å²) in [5.74, 6) is -0.717. The van der Waals surface area contributed by atoms with Gasteiger partial charge in [0.25, 0.3) is 0 Å². The lowest BCUT2D eigenvalue weighted by Crippen LogP contribution is -2.06. The summed E-state index contributed by atoms with van der Waals surface area (Å²) in [6.45, 7) is 3.61.